The molecule has 0 saturated heterocycles. The lowest BCUT2D eigenvalue weighted by atomic mass is 10.1. The molecule has 0 fully saturated rings. The predicted molar refractivity (Wildman–Crippen MR) is 43.1 cm³/mol. The van der Waals surface area contributed by atoms with E-state index < -0.39 is 0 Å². The first-order valence-electron chi connectivity index (χ1n) is 3.64. The van der Waals surface area contributed by atoms with Crippen LogP contribution < -0.4 is 4.74 Å². The van der Waals surface area contributed by atoms with Gasteiger partial charge in [-0.15, -0.1) is 0 Å². The Labute approximate surface area is 70.2 Å². The molecule has 3 heteroatoms. The lowest BCUT2D eigenvalue weighted by Gasteiger charge is -2.15. The highest BCUT2D eigenvalue weighted by Crippen LogP contribution is 2.27. The van der Waals surface area contributed by atoms with Crippen molar-refractivity contribution in [2.24, 2.45) is 0 Å². The van der Waals surface area contributed by atoms with Crippen LogP contribution in [-0.4, -0.2) is 11.6 Å². The Morgan fingerprint density at radius 1 is 1.55 bits per heavy atom. The van der Waals surface area contributed by atoms with Gasteiger partial charge in [0.1, 0.15) is 0 Å². The van der Waals surface area contributed by atoms with Crippen molar-refractivity contribution in [3.8, 4) is 5.88 Å². The van der Waals surface area contributed by atoms with Crippen molar-refractivity contribution in [3.05, 3.63) is 22.8 Å². The Morgan fingerprint density at radius 3 is 3.27 bits per heavy atom. The fraction of sp³-hybridized carbons (Fsp3) is 0.375. The van der Waals surface area contributed by atoms with Crippen molar-refractivity contribution < 1.29 is 4.74 Å². The molecule has 0 bridgehead atoms. The van der Waals surface area contributed by atoms with Crippen molar-refractivity contribution >= 4 is 11.6 Å². The van der Waals surface area contributed by atoms with Crippen LogP contribution in [0.2, 0.25) is 5.02 Å². The number of rotatable bonds is 0. The molecule has 1 aromatic rings. The van der Waals surface area contributed by atoms with Gasteiger partial charge >= 0.3 is 0 Å². The molecule has 0 atom stereocenters. The molecule has 58 valence electrons. The van der Waals surface area contributed by atoms with Gasteiger partial charge in [-0.05, 0) is 18.9 Å². The van der Waals surface area contributed by atoms with Gasteiger partial charge in [0.15, 0.2) is 0 Å². The highest BCUT2D eigenvalue weighted by molar-refractivity contribution is 6.31. The van der Waals surface area contributed by atoms with Crippen LogP contribution in [0.4, 0.5) is 0 Å². The molecule has 2 heterocycles. The summed E-state index contributed by atoms with van der Waals surface area (Å²) in [6, 6.07) is 1.80. The molecule has 0 N–H and O–H groups in total. The van der Waals surface area contributed by atoms with Gasteiger partial charge in [0.05, 0.1) is 11.6 Å². The summed E-state index contributed by atoms with van der Waals surface area (Å²) in [6.07, 6.45) is 3.70. The first-order chi connectivity index (χ1) is 5.38. The summed E-state index contributed by atoms with van der Waals surface area (Å²) in [5.74, 6) is 0.712. The third kappa shape index (κ3) is 1.18. The zero-order valence-electron chi connectivity index (χ0n) is 6.01. The third-order valence-electron chi connectivity index (χ3n) is 1.77. The van der Waals surface area contributed by atoms with E-state index in [4.69, 9.17) is 16.3 Å². The van der Waals surface area contributed by atoms with Crippen LogP contribution >= 0.6 is 11.6 Å². The molecule has 11 heavy (non-hydrogen) atoms. The van der Waals surface area contributed by atoms with Gasteiger partial charge in [-0.1, -0.05) is 11.6 Å². The van der Waals surface area contributed by atoms with Crippen LogP contribution in [0, 0.1) is 0 Å². The maximum Gasteiger partial charge on any atom is 0.218 e. The molecule has 2 rings (SSSR count). The molecule has 0 saturated carbocycles. The van der Waals surface area contributed by atoms with E-state index in [1.807, 2.05) is 0 Å². The van der Waals surface area contributed by atoms with E-state index in [1.165, 1.54) is 0 Å². The van der Waals surface area contributed by atoms with Gasteiger partial charge in [0.25, 0.3) is 0 Å². The van der Waals surface area contributed by atoms with Gasteiger partial charge in [0, 0.05) is 11.8 Å². The highest BCUT2D eigenvalue weighted by atomic mass is 35.5. The largest absolute Gasteiger partial charge is 0.477 e. The molecule has 1 aliphatic rings. The molecule has 1 aliphatic heterocycles. The summed E-state index contributed by atoms with van der Waals surface area (Å²) in [7, 11) is 0. The normalized spacial score (nSPS) is 15.4. The Kier molecular flexibility index (Phi) is 1.70. The van der Waals surface area contributed by atoms with Gasteiger partial charge in [-0.2, -0.15) is 0 Å². The van der Waals surface area contributed by atoms with Crippen molar-refractivity contribution in [2.45, 2.75) is 12.8 Å². The maximum absolute atomic E-state index is 5.92. The summed E-state index contributed by atoms with van der Waals surface area (Å²) in [5.41, 5.74) is 1.06. The van der Waals surface area contributed by atoms with Gasteiger partial charge in [0.2, 0.25) is 5.88 Å². The second kappa shape index (κ2) is 2.70. The molecular weight excluding hydrogens is 162 g/mol. The minimum Gasteiger partial charge on any atom is -0.477 e. The SMILES string of the molecule is Clc1ccnc2c1CCCO2. The molecule has 2 nitrogen and oxygen atoms in total. The number of hydrogen-bond donors (Lipinski definition) is 0. The Balaban J connectivity index is 2.49. The topological polar surface area (TPSA) is 22.1 Å². The fourth-order valence-electron chi connectivity index (χ4n) is 1.22. The Morgan fingerprint density at radius 2 is 2.45 bits per heavy atom. The van der Waals surface area contributed by atoms with Crippen LogP contribution in [0.25, 0.3) is 0 Å². The summed E-state index contributed by atoms with van der Waals surface area (Å²) in [5, 5.41) is 0.773. The zero-order chi connectivity index (χ0) is 7.68. The number of halogens is 1. The molecule has 1 aromatic heterocycles. The molecular formula is C8H8ClNO. The summed E-state index contributed by atoms with van der Waals surface area (Å²) >= 11 is 5.92. The van der Waals surface area contributed by atoms with Gasteiger partial charge < -0.3 is 4.74 Å². The van der Waals surface area contributed by atoms with Gasteiger partial charge in [-0.25, -0.2) is 4.98 Å². The quantitative estimate of drug-likeness (QED) is 0.593. The molecule has 0 radical (unpaired) electrons. The maximum atomic E-state index is 5.92. The highest BCUT2D eigenvalue weighted by Gasteiger charge is 2.13. The third-order valence-corrected chi connectivity index (χ3v) is 2.12. The van der Waals surface area contributed by atoms with E-state index in [9.17, 15) is 0 Å². The number of fused-ring (bicyclic) bond motifs is 1. The molecule has 0 unspecified atom stereocenters. The number of aromatic nitrogens is 1. The smallest absolute Gasteiger partial charge is 0.218 e. The van der Waals surface area contributed by atoms with Crippen LogP contribution in [0.15, 0.2) is 12.3 Å². The van der Waals surface area contributed by atoms with Crippen LogP contribution in [0.5, 0.6) is 5.88 Å². The van der Waals surface area contributed by atoms with Crippen LogP contribution in [0.1, 0.15) is 12.0 Å². The summed E-state index contributed by atoms with van der Waals surface area (Å²) < 4.78 is 5.31. The molecule has 0 aliphatic carbocycles. The average Bonchev–Trinajstić information content (AvgIpc) is 2.06. The Hall–Kier alpha value is -0.760. The predicted octanol–water partition coefficient (Wildman–Crippen LogP) is 2.06. The van der Waals surface area contributed by atoms with E-state index in [1.54, 1.807) is 12.3 Å². The van der Waals surface area contributed by atoms with Gasteiger partial charge in [-0.3, -0.25) is 0 Å². The lowest BCUT2D eigenvalue weighted by Crippen LogP contribution is -2.09. The van der Waals surface area contributed by atoms with Crippen molar-refractivity contribution in [3.63, 3.8) is 0 Å². The standard InChI is InChI=1S/C8H8ClNO/c9-7-3-4-10-8-6(7)2-1-5-11-8/h3-4H,1-2,5H2. The first kappa shape index (κ1) is 6.92. The molecule has 0 aromatic carbocycles. The van der Waals surface area contributed by atoms with E-state index in [0.29, 0.717) is 5.88 Å². The Bertz CT molecular complexity index is 275. The van der Waals surface area contributed by atoms with E-state index >= 15 is 0 Å². The molecule has 0 spiro atoms. The number of hydrogen-bond acceptors (Lipinski definition) is 2. The second-order valence-electron chi connectivity index (χ2n) is 2.53. The van der Waals surface area contributed by atoms with E-state index in [0.717, 1.165) is 30.0 Å². The monoisotopic (exact) mass is 169 g/mol. The average molecular weight is 170 g/mol. The van der Waals surface area contributed by atoms with E-state index in [2.05, 4.69) is 4.98 Å². The van der Waals surface area contributed by atoms with Crippen molar-refractivity contribution in [1.29, 1.82) is 0 Å². The van der Waals surface area contributed by atoms with Crippen molar-refractivity contribution in [1.82, 2.24) is 4.98 Å². The van der Waals surface area contributed by atoms with Crippen LogP contribution in [-0.2, 0) is 6.42 Å². The van der Waals surface area contributed by atoms with E-state index in [-0.39, 0.29) is 0 Å². The summed E-state index contributed by atoms with van der Waals surface area (Å²) in [4.78, 5) is 4.07. The first-order valence-corrected chi connectivity index (χ1v) is 4.02. The second-order valence-corrected chi connectivity index (χ2v) is 2.94. The number of nitrogens with zero attached hydrogens (tertiary/aromatic N) is 1. The fourth-order valence-corrected chi connectivity index (χ4v) is 1.45. The molecule has 0 amide bonds. The minimum absolute atomic E-state index is 0.712. The number of pyridine rings is 1. The number of ether oxygens (including phenoxy) is 1. The van der Waals surface area contributed by atoms with Crippen molar-refractivity contribution in [2.75, 3.05) is 6.61 Å². The summed E-state index contributed by atoms with van der Waals surface area (Å²) in [6.45, 7) is 0.764. The van der Waals surface area contributed by atoms with Crippen LogP contribution in [0.3, 0.4) is 0 Å². The zero-order valence-corrected chi connectivity index (χ0v) is 6.77. The lowest BCUT2D eigenvalue weighted by molar-refractivity contribution is 0.276. The minimum atomic E-state index is 0.712.